The van der Waals surface area contributed by atoms with Crippen molar-refractivity contribution in [3.63, 3.8) is 0 Å². The molecule has 0 amide bonds. The van der Waals surface area contributed by atoms with E-state index in [2.05, 4.69) is 20.2 Å². The van der Waals surface area contributed by atoms with Crippen LogP contribution in [0.2, 0.25) is 0 Å². The summed E-state index contributed by atoms with van der Waals surface area (Å²) in [7, 11) is 0. The molecule has 0 saturated heterocycles. The number of nitrogens with zero attached hydrogens (tertiary/aromatic N) is 2. The number of hydrogen-bond acceptors (Lipinski definition) is 4. The molecule has 0 fully saturated rings. The zero-order valence-corrected chi connectivity index (χ0v) is 11.0. The van der Waals surface area contributed by atoms with E-state index in [-0.39, 0.29) is 5.56 Å². The van der Waals surface area contributed by atoms with Crippen molar-refractivity contribution in [2.75, 3.05) is 0 Å². The van der Waals surface area contributed by atoms with E-state index in [0.29, 0.717) is 5.82 Å². The highest BCUT2D eigenvalue weighted by atomic mass is 32.1. The number of aromatic amines is 2. The Balaban J connectivity index is 2.00. The lowest BCUT2D eigenvalue weighted by atomic mass is 9.97. The van der Waals surface area contributed by atoms with Crippen LogP contribution in [0.25, 0.3) is 21.6 Å². The van der Waals surface area contributed by atoms with Gasteiger partial charge in [-0.25, -0.2) is 4.98 Å². The van der Waals surface area contributed by atoms with Gasteiger partial charge in [-0.15, -0.1) is 11.3 Å². The summed E-state index contributed by atoms with van der Waals surface area (Å²) >= 11 is 1.66. The monoisotopic (exact) mass is 272 g/mol. The summed E-state index contributed by atoms with van der Waals surface area (Å²) in [5, 5.41) is 7.42. The molecule has 0 bridgehead atoms. The van der Waals surface area contributed by atoms with Crippen LogP contribution < -0.4 is 5.56 Å². The number of fused-ring (bicyclic) bond motifs is 3. The summed E-state index contributed by atoms with van der Waals surface area (Å²) in [5.74, 6) is 0.588. The first-order chi connectivity index (χ1) is 9.33. The molecule has 0 aromatic carbocycles. The number of thiophene rings is 1. The third-order valence-electron chi connectivity index (χ3n) is 3.60. The van der Waals surface area contributed by atoms with Crippen LogP contribution in [0, 0.1) is 0 Å². The molecular formula is C13H12N4OS. The molecule has 1 aliphatic carbocycles. The first-order valence-electron chi connectivity index (χ1n) is 6.36. The minimum atomic E-state index is -0.0272. The van der Waals surface area contributed by atoms with Crippen molar-refractivity contribution < 1.29 is 0 Å². The number of aryl methyl sites for hydroxylation is 2. The van der Waals surface area contributed by atoms with Gasteiger partial charge in [0.05, 0.1) is 17.1 Å². The van der Waals surface area contributed by atoms with Crippen molar-refractivity contribution in [2.45, 2.75) is 25.7 Å². The molecule has 0 saturated carbocycles. The predicted octanol–water partition coefficient (Wildman–Crippen LogP) is 2.25. The summed E-state index contributed by atoms with van der Waals surface area (Å²) in [6.07, 6.45) is 7.87. The molecule has 0 radical (unpaired) electrons. The third-order valence-corrected chi connectivity index (χ3v) is 4.78. The van der Waals surface area contributed by atoms with Crippen molar-refractivity contribution in [1.82, 2.24) is 20.2 Å². The SMILES string of the molecule is O=c1[nH]c(-c2cn[nH]c2)nc2sc3c(c12)CCCC3. The molecule has 5 nitrogen and oxygen atoms in total. The molecule has 2 N–H and O–H groups in total. The molecule has 3 aromatic heterocycles. The fourth-order valence-corrected chi connectivity index (χ4v) is 3.94. The van der Waals surface area contributed by atoms with Crippen molar-refractivity contribution in [2.24, 2.45) is 0 Å². The molecule has 3 heterocycles. The van der Waals surface area contributed by atoms with Gasteiger partial charge in [-0.2, -0.15) is 5.10 Å². The molecule has 0 aliphatic heterocycles. The molecule has 3 aromatic rings. The highest BCUT2D eigenvalue weighted by molar-refractivity contribution is 7.18. The maximum atomic E-state index is 12.3. The minimum absolute atomic E-state index is 0.0272. The number of H-pyrrole nitrogens is 2. The lowest BCUT2D eigenvalue weighted by Gasteiger charge is -2.09. The zero-order chi connectivity index (χ0) is 12.8. The largest absolute Gasteiger partial charge is 0.306 e. The van der Waals surface area contributed by atoms with E-state index in [4.69, 9.17) is 0 Å². The Labute approximate surface area is 112 Å². The van der Waals surface area contributed by atoms with Gasteiger partial charge in [-0.05, 0) is 31.2 Å². The van der Waals surface area contributed by atoms with Gasteiger partial charge >= 0.3 is 0 Å². The van der Waals surface area contributed by atoms with E-state index in [1.54, 1.807) is 23.7 Å². The van der Waals surface area contributed by atoms with Gasteiger partial charge in [0.1, 0.15) is 10.7 Å². The smallest absolute Gasteiger partial charge is 0.260 e. The van der Waals surface area contributed by atoms with Crippen LogP contribution in [0.1, 0.15) is 23.3 Å². The van der Waals surface area contributed by atoms with Crippen LogP contribution in [0.15, 0.2) is 17.2 Å². The van der Waals surface area contributed by atoms with Gasteiger partial charge in [0.15, 0.2) is 0 Å². The van der Waals surface area contributed by atoms with Crippen LogP contribution in [0.5, 0.6) is 0 Å². The molecular weight excluding hydrogens is 260 g/mol. The lowest BCUT2D eigenvalue weighted by molar-refractivity contribution is 0.700. The van der Waals surface area contributed by atoms with Crippen molar-refractivity contribution >= 4 is 21.6 Å². The van der Waals surface area contributed by atoms with Crippen LogP contribution in [-0.2, 0) is 12.8 Å². The minimum Gasteiger partial charge on any atom is -0.306 e. The van der Waals surface area contributed by atoms with Crippen LogP contribution >= 0.6 is 11.3 Å². The summed E-state index contributed by atoms with van der Waals surface area (Å²) < 4.78 is 0. The van der Waals surface area contributed by atoms with Gasteiger partial charge in [0.25, 0.3) is 5.56 Å². The fourth-order valence-electron chi connectivity index (χ4n) is 2.68. The number of hydrogen-bond donors (Lipinski definition) is 2. The van der Waals surface area contributed by atoms with E-state index in [9.17, 15) is 4.79 Å². The highest BCUT2D eigenvalue weighted by Crippen LogP contribution is 2.34. The zero-order valence-electron chi connectivity index (χ0n) is 10.2. The van der Waals surface area contributed by atoms with Crippen LogP contribution in [0.4, 0.5) is 0 Å². The average Bonchev–Trinajstić information content (AvgIpc) is 3.05. The van der Waals surface area contributed by atoms with Gasteiger partial charge in [0.2, 0.25) is 0 Å². The molecule has 0 unspecified atom stereocenters. The first kappa shape index (κ1) is 10.9. The standard InChI is InChI=1S/C13H12N4OS/c18-12-10-8-3-1-2-4-9(8)19-13(10)17-11(16-12)7-5-14-15-6-7/h5-6H,1-4H2,(H,14,15)(H,16,17,18). The summed E-state index contributed by atoms with van der Waals surface area (Å²) in [6.45, 7) is 0. The lowest BCUT2D eigenvalue weighted by Crippen LogP contribution is -2.11. The maximum absolute atomic E-state index is 12.3. The number of rotatable bonds is 1. The summed E-state index contributed by atoms with van der Waals surface area (Å²) in [4.78, 5) is 22.0. The van der Waals surface area contributed by atoms with E-state index < -0.39 is 0 Å². The van der Waals surface area contributed by atoms with Gasteiger partial charge < -0.3 is 4.98 Å². The van der Waals surface area contributed by atoms with E-state index >= 15 is 0 Å². The Hall–Kier alpha value is -1.95. The Bertz CT molecular complexity index is 800. The second-order valence-electron chi connectivity index (χ2n) is 4.79. The first-order valence-corrected chi connectivity index (χ1v) is 7.18. The third kappa shape index (κ3) is 1.63. The second-order valence-corrected chi connectivity index (χ2v) is 5.88. The van der Waals surface area contributed by atoms with Gasteiger partial charge in [0, 0.05) is 11.1 Å². The van der Waals surface area contributed by atoms with Gasteiger partial charge in [-0.3, -0.25) is 9.89 Å². The normalized spacial score (nSPS) is 14.7. The predicted molar refractivity (Wildman–Crippen MR) is 74.5 cm³/mol. The molecule has 0 atom stereocenters. The topological polar surface area (TPSA) is 74.4 Å². The molecule has 6 heteroatoms. The molecule has 4 rings (SSSR count). The van der Waals surface area contributed by atoms with E-state index in [0.717, 1.165) is 28.6 Å². The highest BCUT2D eigenvalue weighted by Gasteiger charge is 2.20. The van der Waals surface area contributed by atoms with Crippen molar-refractivity contribution in [3.05, 3.63) is 33.2 Å². The summed E-state index contributed by atoms with van der Waals surface area (Å²) in [5.41, 5.74) is 2.00. The number of nitrogens with one attached hydrogen (secondary N) is 2. The summed E-state index contributed by atoms with van der Waals surface area (Å²) in [6, 6.07) is 0. The quantitative estimate of drug-likeness (QED) is 0.713. The molecule has 96 valence electrons. The average molecular weight is 272 g/mol. The molecule has 19 heavy (non-hydrogen) atoms. The van der Waals surface area contributed by atoms with Crippen LogP contribution in [-0.4, -0.2) is 20.2 Å². The van der Waals surface area contributed by atoms with Crippen LogP contribution in [0.3, 0.4) is 0 Å². The Morgan fingerprint density at radius 2 is 2.16 bits per heavy atom. The Morgan fingerprint density at radius 1 is 1.26 bits per heavy atom. The van der Waals surface area contributed by atoms with E-state index in [1.807, 2.05) is 0 Å². The second kappa shape index (κ2) is 4.03. The van der Waals surface area contributed by atoms with Crippen molar-refractivity contribution in [1.29, 1.82) is 0 Å². The Morgan fingerprint density at radius 3 is 3.00 bits per heavy atom. The van der Waals surface area contributed by atoms with E-state index in [1.165, 1.54) is 23.3 Å². The molecule has 1 aliphatic rings. The Kier molecular flexibility index (Phi) is 2.32. The maximum Gasteiger partial charge on any atom is 0.260 e. The molecule has 0 spiro atoms. The van der Waals surface area contributed by atoms with Gasteiger partial charge in [-0.1, -0.05) is 0 Å². The fraction of sp³-hybridized carbons (Fsp3) is 0.308. The van der Waals surface area contributed by atoms with Crippen molar-refractivity contribution in [3.8, 4) is 11.4 Å². The number of aromatic nitrogens is 4.